The lowest BCUT2D eigenvalue weighted by Gasteiger charge is -2.61. The number of amides is 1. The van der Waals surface area contributed by atoms with Gasteiger partial charge in [0, 0.05) is 57.2 Å². The fourth-order valence-corrected chi connectivity index (χ4v) is 8.81. The van der Waals surface area contributed by atoms with Crippen molar-refractivity contribution in [3.63, 3.8) is 0 Å². The molecule has 3 aliphatic heterocycles. The number of piperazine rings is 1. The molecule has 2 saturated heterocycles. The van der Waals surface area contributed by atoms with Crippen LogP contribution in [0, 0.1) is 17.8 Å². The Hall–Kier alpha value is -2.30. The van der Waals surface area contributed by atoms with E-state index in [-0.39, 0.29) is 41.9 Å². The topological polar surface area (TPSA) is 82.9 Å². The number of aryl methyl sites for hydroxylation is 1. The molecule has 1 aromatic heterocycles. The maximum Gasteiger partial charge on any atom is 0.259 e. The van der Waals surface area contributed by atoms with Crippen LogP contribution in [-0.4, -0.2) is 112 Å². The van der Waals surface area contributed by atoms with Crippen molar-refractivity contribution in [2.45, 2.75) is 94.4 Å². The van der Waals surface area contributed by atoms with Crippen molar-refractivity contribution in [1.82, 2.24) is 29.6 Å². The third kappa shape index (κ3) is 5.14. The number of carbonyl (C=O) groups is 2. The smallest absolute Gasteiger partial charge is 0.259 e. The van der Waals surface area contributed by atoms with Crippen LogP contribution in [0.3, 0.4) is 0 Å². The highest BCUT2D eigenvalue weighted by Gasteiger charge is 2.59. The molecule has 224 valence electrons. The minimum absolute atomic E-state index is 0.00115. The molecule has 1 aromatic rings. The predicted molar refractivity (Wildman–Crippen MR) is 152 cm³/mol. The first-order valence-corrected chi connectivity index (χ1v) is 16.0. The highest BCUT2D eigenvalue weighted by Crippen LogP contribution is 2.50. The first-order valence-electron chi connectivity index (χ1n) is 16.0. The van der Waals surface area contributed by atoms with E-state index in [0.29, 0.717) is 31.5 Å². The molecular formula is C31H45FN6O3. The summed E-state index contributed by atoms with van der Waals surface area (Å²) in [5, 5.41) is 3.51. The minimum atomic E-state index is -1.21. The first-order chi connectivity index (χ1) is 20.0. The SMILES string of the molecule is CN1CCN(C(=O)C2=CN3C4CC5CCCCC5CC4OC4C(NCCCn5ccnc5)C(F)CC(C2=O)C43)CC1. The lowest BCUT2D eigenvalue weighted by Crippen LogP contribution is -2.73. The standard InChI is InChI=1S/C31H45FN6O3/c1-35-11-13-37(14-12-35)31(40)23-18-38-25-15-20-5-2-3-6-21(20)16-26(25)41-30-27(24(32)17-22(28(30)38)29(23)39)34-7-4-9-36-10-8-33-19-36/h8,10,18-22,24-28,30,34H,2-7,9,11-17H2,1H3. The number of likely N-dealkylation sites (N-methyl/N-ethyl adjacent to an activating group) is 1. The van der Waals surface area contributed by atoms with E-state index in [2.05, 4.69) is 27.1 Å². The number of nitrogens with zero attached hydrogens (tertiary/aromatic N) is 5. The van der Waals surface area contributed by atoms with E-state index in [1.54, 1.807) is 12.5 Å². The van der Waals surface area contributed by atoms with E-state index < -0.39 is 24.2 Å². The molecule has 7 rings (SSSR count). The zero-order valence-corrected chi connectivity index (χ0v) is 24.2. The van der Waals surface area contributed by atoms with Crippen molar-refractivity contribution >= 4 is 11.7 Å². The van der Waals surface area contributed by atoms with E-state index in [4.69, 9.17) is 4.74 Å². The third-order valence-corrected chi connectivity index (χ3v) is 11.0. The Balaban J connectivity index is 1.16. The van der Waals surface area contributed by atoms with Crippen LogP contribution in [0.4, 0.5) is 4.39 Å². The number of hydrogen-bond acceptors (Lipinski definition) is 7. The molecule has 1 N–H and O–H groups in total. The number of halogens is 1. The number of ketones is 1. The van der Waals surface area contributed by atoms with Crippen LogP contribution in [-0.2, 0) is 20.9 Å². The van der Waals surface area contributed by atoms with Crippen LogP contribution in [0.15, 0.2) is 30.5 Å². The molecule has 3 saturated carbocycles. The van der Waals surface area contributed by atoms with Gasteiger partial charge in [0.1, 0.15) is 6.17 Å². The molecule has 4 heterocycles. The van der Waals surface area contributed by atoms with Gasteiger partial charge in [0.25, 0.3) is 5.91 Å². The number of rotatable bonds is 6. The number of carbonyl (C=O) groups excluding carboxylic acids is 2. The molecule has 9 nitrogen and oxygen atoms in total. The summed E-state index contributed by atoms with van der Waals surface area (Å²) in [6.45, 7) is 4.31. The van der Waals surface area contributed by atoms with Gasteiger partial charge in [0.05, 0.1) is 42.2 Å². The Morgan fingerprint density at radius 3 is 2.66 bits per heavy atom. The molecule has 0 radical (unpaired) electrons. The van der Waals surface area contributed by atoms with Crippen molar-refractivity contribution in [2.75, 3.05) is 39.8 Å². The second kappa shape index (κ2) is 11.4. The predicted octanol–water partition coefficient (Wildman–Crippen LogP) is 2.24. The number of hydrogen-bond donors (Lipinski definition) is 1. The van der Waals surface area contributed by atoms with Gasteiger partial charge in [-0.3, -0.25) is 9.59 Å². The van der Waals surface area contributed by atoms with Crippen LogP contribution in [0.1, 0.15) is 51.4 Å². The number of ether oxygens (including phenoxy) is 1. The van der Waals surface area contributed by atoms with Crippen LogP contribution >= 0.6 is 0 Å². The molecule has 9 atom stereocenters. The normalized spacial score (nSPS) is 39.0. The molecule has 9 unspecified atom stereocenters. The van der Waals surface area contributed by atoms with Gasteiger partial charge in [-0.1, -0.05) is 25.7 Å². The summed E-state index contributed by atoms with van der Waals surface area (Å²) in [6, 6.07) is -0.562. The second-order valence-corrected chi connectivity index (χ2v) is 13.4. The van der Waals surface area contributed by atoms with Crippen LogP contribution in [0.5, 0.6) is 0 Å². The summed E-state index contributed by atoms with van der Waals surface area (Å²) in [6.07, 6.45) is 13.9. The number of nitrogens with one attached hydrogen (secondary N) is 1. The highest BCUT2D eigenvalue weighted by atomic mass is 19.1. The van der Waals surface area contributed by atoms with Crippen molar-refractivity contribution < 1.29 is 18.7 Å². The molecule has 1 amide bonds. The molecule has 10 heteroatoms. The van der Waals surface area contributed by atoms with Gasteiger partial charge in [-0.15, -0.1) is 0 Å². The summed E-state index contributed by atoms with van der Waals surface area (Å²) in [5.41, 5.74) is 0.264. The average Bonchev–Trinajstić information content (AvgIpc) is 3.50. The summed E-state index contributed by atoms with van der Waals surface area (Å²) in [7, 11) is 2.05. The number of aromatic nitrogens is 2. The van der Waals surface area contributed by atoms with Crippen molar-refractivity contribution in [3.8, 4) is 0 Å². The summed E-state index contributed by atoms with van der Waals surface area (Å²) in [5.74, 6) is 0.407. The van der Waals surface area contributed by atoms with Gasteiger partial charge in [0.2, 0.25) is 0 Å². The van der Waals surface area contributed by atoms with Gasteiger partial charge >= 0.3 is 0 Å². The minimum Gasteiger partial charge on any atom is -0.369 e. The van der Waals surface area contributed by atoms with Gasteiger partial charge in [-0.05, 0) is 51.1 Å². The van der Waals surface area contributed by atoms with E-state index in [1.165, 1.54) is 25.7 Å². The maximum absolute atomic E-state index is 16.1. The Labute approximate surface area is 242 Å². The second-order valence-electron chi connectivity index (χ2n) is 13.4. The maximum atomic E-state index is 16.1. The van der Waals surface area contributed by atoms with Gasteiger partial charge < -0.3 is 29.3 Å². The van der Waals surface area contributed by atoms with E-state index in [9.17, 15) is 9.59 Å². The van der Waals surface area contributed by atoms with E-state index in [1.807, 2.05) is 21.9 Å². The molecule has 5 fully saturated rings. The Morgan fingerprint density at radius 2 is 1.90 bits per heavy atom. The van der Waals surface area contributed by atoms with Crippen LogP contribution in [0.2, 0.25) is 0 Å². The number of Topliss-reactive ketones (excluding diaryl/α,β-unsaturated/α-hetero) is 1. The quantitative estimate of drug-likeness (QED) is 0.416. The molecule has 0 bridgehead atoms. The number of imidazole rings is 1. The largest absolute Gasteiger partial charge is 0.369 e. The fraction of sp³-hybridized carbons (Fsp3) is 0.774. The summed E-state index contributed by atoms with van der Waals surface area (Å²) in [4.78, 5) is 38.2. The molecule has 6 aliphatic rings. The lowest BCUT2D eigenvalue weighted by molar-refractivity contribution is -0.208. The van der Waals surface area contributed by atoms with Gasteiger partial charge in [0.15, 0.2) is 5.78 Å². The third-order valence-electron chi connectivity index (χ3n) is 11.0. The number of alkyl halides is 1. The summed E-state index contributed by atoms with van der Waals surface area (Å²) < 4.78 is 25.0. The zero-order valence-electron chi connectivity index (χ0n) is 24.2. The highest BCUT2D eigenvalue weighted by molar-refractivity contribution is 6.20. The molecule has 0 spiro atoms. The van der Waals surface area contributed by atoms with Crippen LogP contribution < -0.4 is 5.32 Å². The van der Waals surface area contributed by atoms with Crippen molar-refractivity contribution in [1.29, 1.82) is 0 Å². The first kappa shape index (κ1) is 27.5. The Kier molecular flexibility index (Phi) is 7.66. The Bertz CT molecular complexity index is 1140. The molecule has 3 aliphatic carbocycles. The van der Waals surface area contributed by atoms with Crippen molar-refractivity contribution in [3.05, 3.63) is 30.5 Å². The Morgan fingerprint density at radius 1 is 1.12 bits per heavy atom. The average molecular weight is 569 g/mol. The van der Waals surface area contributed by atoms with Gasteiger partial charge in [-0.25, -0.2) is 9.37 Å². The molecular weight excluding hydrogens is 523 g/mol. The summed E-state index contributed by atoms with van der Waals surface area (Å²) >= 11 is 0. The fourth-order valence-electron chi connectivity index (χ4n) is 8.81. The lowest BCUT2D eigenvalue weighted by atomic mass is 9.65. The van der Waals surface area contributed by atoms with Crippen molar-refractivity contribution in [2.24, 2.45) is 17.8 Å². The zero-order chi connectivity index (χ0) is 28.1. The molecule has 0 aromatic carbocycles. The molecule has 41 heavy (non-hydrogen) atoms. The number of fused-ring (bicyclic) bond motifs is 3. The van der Waals surface area contributed by atoms with E-state index >= 15 is 4.39 Å². The van der Waals surface area contributed by atoms with Crippen LogP contribution in [0.25, 0.3) is 0 Å². The van der Waals surface area contributed by atoms with Gasteiger partial charge in [-0.2, -0.15) is 0 Å². The van der Waals surface area contributed by atoms with E-state index in [0.717, 1.165) is 38.9 Å². The number of morpholine rings is 1. The monoisotopic (exact) mass is 568 g/mol.